The fraction of sp³-hybridized carbons (Fsp3) is 0.800. The summed E-state index contributed by atoms with van der Waals surface area (Å²) in [6.45, 7) is -3.16. The van der Waals surface area contributed by atoms with Gasteiger partial charge >= 0.3 is 58.4 Å². The van der Waals surface area contributed by atoms with E-state index in [-0.39, 0.29) is 51.4 Å². The zero-order valence-electron chi connectivity index (χ0n) is 10.5. The molecule has 1 saturated carbocycles. The summed E-state index contributed by atoms with van der Waals surface area (Å²) in [5.74, 6) is -1.92. The molecule has 0 aromatic carbocycles. The first-order valence-electron chi connectivity index (χ1n) is 5.89. The SMILES string of the molecule is CCC1CC2C(=O)N(C[B-](F)(F)F)C(=O)C2C1.[K+]. The van der Waals surface area contributed by atoms with Gasteiger partial charge in [0.1, 0.15) is 0 Å². The van der Waals surface area contributed by atoms with Crippen LogP contribution in [0.15, 0.2) is 0 Å². The molecule has 1 aliphatic carbocycles. The molecular weight excluding hydrogens is 273 g/mol. The van der Waals surface area contributed by atoms with E-state index in [9.17, 15) is 22.5 Å². The molecule has 2 fully saturated rings. The smallest absolute Gasteiger partial charge is 0.448 e. The molecule has 96 valence electrons. The predicted molar refractivity (Wildman–Crippen MR) is 55.8 cm³/mol. The van der Waals surface area contributed by atoms with Crippen molar-refractivity contribution < 1.29 is 73.9 Å². The van der Waals surface area contributed by atoms with E-state index in [0.29, 0.717) is 23.7 Å². The summed E-state index contributed by atoms with van der Waals surface area (Å²) in [6, 6.07) is 0. The van der Waals surface area contributed by atoms with Gasteiger partial charge in [-0.05, 0) is 25.2 Å². The first kappa shape index (κ1) is 16.7. The number of hydrogen-bond acceptors (Lipinski definition) is 2. The second-order valence-corrected chi connectivity index (χ2v) is 4.96. The molecule has 18 heavy (non-hydrogen) atoms. The number of carbonyl (C=O) groups is 2. The Kier molecular flexibility index (Phi) is 5.51. The summed E-state index contributed by atoms with van der Waals surface area (Å²) in [5.41, 5.74) is 0. The van der Waals surface area contributed by atoms with Gasteiger partial charge < -0.3 is 17.8 Å². The summed E-state index contributed by atoms with van der Waals surface area (Å²) in [7, 11) is 0. The molecule has 2 amide bonds. The van der Waals surface area contributed by atoms with Gasteiger partial charge in [-0.25, -0.2) is 0 Å². The zero-order valence-corrected chi connectivity index (χ0v) is 13.7. The Hall–Kier alpha value is 0.631. The van der Waals surface area contributed by atoms with Crippen LogP contribution in [0.4, 0.5) is 12.9 Å². The van der Waals surface area contributed by atoms with E-state index >= 15 is 0 Å². The third-order valence-electron chi connectivity index (χ3n) is 3.79. The summed E-state index contributed by atoms with van der Waals surface area (Å²) in [6.07, 6.45) is 0.623. The van der Waals surface area contributed by atoms with Crippen molar-refractivity contribution in [1.82, 2.24) is 4.90 Å². The van der Waals surface area contributed by atoms with E-state index in [1.165, 1.54) is 0 Å². The van der Waals surface area contributed by atoms with Crippen molar-refractivity contribution in [3.8, 4) is 0 Å². The molecule has 0 spiro atoms. The van der Waals surface area contributed by atoms with Crippen LogP contribution in [-0.2, 0) is 9.59 Å². The number of rotatable bonds is 3. The van der Waals surface area contributed by atoms with E-state index < -0.39 is 37.1 Å². The van der Waals surface area contributed by atoms with Gasteiger partial charge in [-0.15, -0.1) is 0 Å². The van der Waals surface area contributed by atoms with Crippen LogP contribution in [-0.4, -0.2) is 30.1 Å². The van der Waals surface area contributed by atoms with E-state index in [4.69, 9.17) is 0 Å². The number of likely N-dealkylation sites (tertiary alicyclic amines) is 1. The van der Waals surface area contributed by atoms with Crippen LogP contribution in [0.5, 0.6) is 0 Å². The van der Waals surface area contributed by atoms with E-state index in [2.05, 4.69) is 0 Å². The molecule has 2 atom stereocenters. The molecule has 0 aromatic rings. The topological polar surface area (TPSA) is 37.4 Å². The van der Waals surface area contributed by atoms with Gasteiger partial charge in [-0.1, -0.05) is 13.3 Å². The van der Waals surface area contributed by atoms with Crippen LogP contribution < -0.4 is 51.4 Å². The van der Waals surface area contributed by atoms with Gasteiger partial charge in [0.25, 0.3) is 0 Å². The first-order valence-corrected chi connectivity index (χ1v) is 5.89. The number of carbonyl (C=O) groups excluding carboxylic acids is 2. The Bertz CT molecular complexity index is 340. The first-order chi connectivity index (χ1) is 7.83. The zero-order chi connectivity index (χ0) is 12.8. The molecule has 0 bridgehead atoms. The molecule has 1 saturated heterocycles. The maximum absolute atomic E-state index is 12.3. The quantitative estimate of drug-likeness (QED) is 0.483. The Morgan fingerprint density at radius 1 is 1.17 bits per heavy atom. The fourth-order valence-corrected chi connectivity index (χ4v) is 2.92. The van der Waals surface area contributed by atoms with Crippen molar-refractivity contribution in [3.05, 3.63) is 0 Å². The van der Waals surface area contributed by atoms with Gasteiger partial charge in [0, 0.05) is 0 Å². The Morgan fingerprint density at radius 2 is 1.61 bits per heavy atom. The molecule has 2 aliphatic rings. The van der Waals surface area contributed by atoms with Crippen molar-refractivity contribution in [3.63, 3.8) is 0 Å². The average molecular weight is 287 g/mol. The summed E-state index contributed by atoms with van der Waals surface area (Å²) < 4.78 is 36.9. The van der Waals surface area contributed by atoms with E-state index in [1.807, 2.05) is 6.92 Å². The number of hydrogen-bond donors (Lipinski definition) is 0. The Morgan fingerprint density at radius 3 is 1.94 bits per heavy atom. The van der Waals surface area contributed by atoms with Crippen LogP contribution in [0.2, 0.25) is 0 Å². The largest absolute Gasteiger partial charge is 1.00 e. The van der Waals surface area contributed by atoms with Gasteiger partial charge in [-0.3, -0.25) is 9.59 Å². The number of amides is 2. The molecule has 2 rings (SSSR count). The van der Waals surface area contributed by atoms with Crippen LogP contribution >= 0.6 is 0 Å². The van der Waals surface area contributed by atoms with Gasteiger partial charge in [-0.2, -0.15) is 0 Å². The van der Waals surface area contributed by atoms with Crippen molar-refractivity contribution in [2.45, 2.75) is 26.2 Å². The Labute approximate surface area is 146 Å². The third-order valence-corrected chi connectivity index (χ3v) is 3.79. The van der Waals surface area contributed by atoms with E-state index in [1.54, 1.807) is 0 Å². The number of fused-ring (bicyclic) bond motifs is 1. The van der Waals surface area contributed by atoms with E-state index in [0.717, 1.165) is 6.42 Å². The third kappa shape index (κ3) is 3.20. The molecule has 0 N–H and O–H groups in total. The number of nitrogens with zero attached hydrogens (tertiary/aromatic N) is 1. The summed E-state index contributed by atoms with van der Waals surface area (Å²) in [5, 5.41) is 0. The van der Waals surface area contributed by atoms with Gasteiger partial charge in [0.15, 0.2) is 0 Å². The van der Waals surface area contributed by atoms with Crippen LogP contribution in [0.1, 0.15) is 26.2 Å². The number of halogens is 3. The molecule has 8 heteroatoms. The van der Waals surface area contributed by atoms with Gasteiger partial charge in [0.2, 0.25) is 11.8 Å². The van der Waals surface area contributed by atoms with Crippen molar-refractivity contribution in [2.24, 2.45) is 17.8 Å². The second-order valence-electron chi connectivity index (χ2n) is 4.96. The minimum atomic E-state index is -5.13. The van der Waals surface area contributed by atoms with Crippen molar-refractivity contribution >= 4 is 18.8 Å². The maximum atomic E-state index is 12.3. The normalized spacial score (nSPS) is 31.6. The van der Waals surface area contributed by atoms with Crippen LogP contribution in [0.3, 0.4) is 0 Å². The minimum Gasteiger partial charge on any atom is -0.448 e. The summed E-state index contributed by atoms with van der Waals surface area (Å²) in [4.78, 5) is 23.9. The molecular formula is C10H14BF3KNO2. The predicted octanol–water partition coefficient (Wildman–Crippen LogP) is -1.20. The molecule has 1 heterocycles. The molecule has 0 radical (unpaired) electrons. The summed E-state index contributed by atoms with van der Waals surface area (Å²) >= 11 is 0. The van der Waals surface area contributed by atoms with Crippen LogP contribution in [0, 0.1) is 17.8 Å². The standard InChI is InChI=1S/C10H14BF3NO2.K/c1-2-6-3-7-8(4-6)10(17)15(9(7)16)5-11(12,13)14;/h6-8H,2-5H2,1H3;/q-1;+1. The molecule has 0 aromatic heterocycles. The fourth-order valence-electron chi connectivity index (χ4n) is 2.92. The molecule has 1 aliphatic heterocycles. The minimum absolute atomic E-state index is 0. The van der Waals surface area contributed by atoms with Crippen LogP contribution in [0.25, 0.3) is 0 Å². The second kappa shape index (κ2) is 5.95. The van der Waals surface area contributed by atoms with Crippen molar-refractivity contribution in [2.75, 3.05) is 6.44 Å². The van der Waals surface area contributed by atoms with Crippen molar-refractivity contribution in [1.29, 1.82) is 0 Å². The number of imide groups is 1. The Balaban J connectivity index is 0.00000162. The molecule has 2 unspecified atom stereocenters. The average Bonchev–Trinajstić information content (AvgIpc) is 2.73. The molecule has 3 nitrogen and oxygen atoms in total. The monoisotopic (exact) mass is 287 g/mol. The maximum Gasteiger partial charge on any atom is 1.00 e. The van der Waals surface area contributed by atoms with Gasteiger partial charge in [0.05, 0.1) is 11.8 Å².